The Bertz CT molecular complexity index is 795. The lowest BCUT2D eigenvalue weighted by Gasteiger charge is -2.21. The summed E-state index contributed by atoms with van der Waals surface area (Å²) in [5.41, 5.74) is 1.15. The monoisotopic (exact) mass is 390 g/mol. The van der Waals surface area contributed by atoms with Gasteiger partial charge in [0.2, 0.25) is 0 Å². The Balaban J connectivity index is 2.17. The van der Waals surface area contributed by atoms with E-state index in [9.17, 15) is 9.59 Å². The molecular weight excluding hydrogens is 368 g/mol. The highest BCUT2D eigenvalue weighted by Gasteiger charge is 2.22. The van der Waals surface area contributed by atoms with Crippen LogP contribution in [0.4, 0.5) is 10.5 Å². The molecule has 6 nitrogen and oxygen atoms in total. The average Bonchev–Trinajstić information content (AvgIpc) is 2.61. The van der Waals surface area contributed by atoms with Crippen molar-refractivity contribution in [3.05, 3.63) is 59.1 Å². The summed E-state index contributed by atoms with van der Waals surface area (Å²) < 4.78 is 10.4. The third-order valence-corrected chi connectivity index (χ3v) is 4.02. The summed E-state index contributed by atoms with van der Waals surface area (Å²) in [4.78, 5) is 24.6. The van der Waals surface area contributed by atoms with Crippen molar-refractivity contribution in [2.75, 3.05) is 12.4 Å². The number of benzene rings is 2. The smallest absolute Gasteiger partial charge is 0.319 e. The van der Waals surface area contributed by atoms with Gasteiger partial charge >= 0.3 is 12.0 Å². The van der Waals surface area contributed by atoms with Crippen LogP contribution < -0.4 is 15.4 Å². The van der Waals surface area contributed by atoms with Gasteiger partial charge < -0.3 is 20.1 Å². The first kappa shape index (κ1) is 20.6. The molecule has 0 bridgehead atoms. The van der Waals surface area contributed by atoms with Crippen molar-refractivity contribution in [2.45, 2.75) is 32.4 Å². The summed E-state index contributed by atoms with van der Waals surface area (Å²) in [7, 11) is 1.52. The van der Waals surface area contributed by atoms with Crippen LogP contribution in [0.15, 0.2) is 48.5 Å². The predicted octanol–water partition coefficient (Wildman–Crippen LogP) is 4.55. The largest absolute Gasteiger partial charge is 0.495 e. The van der Waals surface area contributed by atoms with Gasteiger partial charge in [-0.15, -0.1) is 0 Å². The molecule has 2 amide bonds. The zero-order valence-corrected chi connectivity index (χ0v) is 16.2. The fourth-order valence-electron chi connectivity index (χ4n) is 2.54. The van der Waals surface area contributed by atoms with Gasteiger partial charge in [0.1, 0.15) is 5.75 Å². The number of esters is 1. The molecule has 1 atom stereocenters. The molecule has 0 saturated carbocycles. The van der Waals surface area contributed by atoms with Crippen LogP contribution in [0.1, 0.15) is 31.9 Å². The molecular formula is C20H23ClN2O4. The van der Waals surface area contributed by atoms with E-state index in [0.29, 0.717) is 22.0 Å². The van der Waals surface area contributed by atoms with E-state index in [-0.39, 0.29) is 12.5 Å². The van der Waals surface area contributed by atoms with Crippen molar-refractivity contribution in [2.24, 2.45) is 0 Å². The molecule has 7 heteroatoms. The molecule has 0 spiro atoms. The first-order valence-corrected chi connectivity index (χ1v) is 8.93. The van der Waals surface area contributed by atoms with Crippen LogP contribution in [-0.2, 0) is 9.53 Å². The number of carbonyl (C=O) groups excluding carboxylic acids is 2. The molecule has 0 aliphatic carbocycles. The molecule has 2 rings (SSSR count). The molecule has 144 valence electrons. The van der Waals surface area contributed by atoms with Crippen molar-refractivity contribution in [1.82, 2.24) is 5.32 Å². The first-order chi connectivity index (χ1) is 12.9. The Labute approximate surface area is 163 Å². The lowest BCUT2D eigenvalue weighted by Crippen LogP contribution is -2.34. The van der Waals surface area contributed by atoms with Gasteiger partial charge in [0.05, 0.1) is 31.4 Å². The van der Waals surface area contributed by atoms with E-state index in [2.05, 4.69) is 10.6 Å². The molecule has 0 fully saturated rings. The number of ether oxygens (including phenoxy) is 2. The van der Waals surface area contributed by atoms with Crippen LogP contribution in [0.5, 0.6) is 5.75 Å². The van der Waals surface area contributed by atoms with E-state index < -0.39 is 18.0 Å². The Morgan fingerprint density at radius 2 is 1.74 bits per heavy atom. The third kappa shape index (κ3) is 6.18. The summed E-state index contributed by atoms with van der Waals surface area (Å²) in [5.74, 6) is 0.105. The maximum Gasteiger partial charge on any atom is 0.319 e. The highest BCUT2D eigenvalue weighted by Crippen LogP contribution is 2.27. The molecule has 2 aromatic rings. The van der Waals surface area contributed by atoms with Gasteiger partial charge in [-0.25, -0.2) is 4.79 Å². The van der Waals surface area contributed by atoms with Gasteiger partial charge in [0, 0.05) is 5.02 Å². The van der Waals surface area contributed by atoms with Gasteiger partial charge in [-0.3, -0.25) is 4.79 Å². The molecule has 0 heterocycles. The van der Waals surface area contributed by atoms with Crippen LogP contribution >= 0.6 is 11.6 Å². The highest BCUT2D eigenvalue weighted by atomic mass is 35.5. The molecule has 0 aromatic heterocycles. The Kier molecular flexibility index (Phi) is 7.49. The fraction of sp³-hybridized carbons (Fsp3) is 0.300. The van der Waals surface area contributed by atoms with Gasteiger partial charge in [-0.1, -0.05) is 41.9 Å². The number of amides is 2. The van der Waals surface area contributed by atoms with E-state index >= 15 is 0 Å². The zero-order valence-electron chi connectivity index (χ0n) is 15.5. The quantitative estimate of drug-likeness (QED) is 0.680. The molecule has 27 heavy (non-hydrogen) atoms. The van der Waals surface area contributed by atoms with E-state index in [1.165, 1.54) is 7.11 Å². The number of carbonyl (C=O) groups is 2. The standard InChI is InChI=1S/C20H23ClN2O4/c1-13(2)27-19(24)12-17(14-8-4-5-9-15(14)21)23-20(25)22-16-10-6-7-11-18(16)26-3/h4-11,13,17H,12H2,1-3H3,(H2,22,23,25)/t17-/m0/s1. The van der Waals surface area contributed by atoms with E-state index in [1.807, 2.05) is 0 Å². The summed E-state index contributed by atoms with van der Waals surface area (Å²) in [6.45, 7) is 3.54. The maximum absolute atomic E-state index is 12.5. The minimum atomic E-state index is -0.639. The van der Waals surface area contributed by atoms with Crippen LogP contribution in [0.3, 0.4) is 0 Å². The van der Waals surface area contributed by atoms with Crippen LogP contribution in [-0.4, -0.2) is 25.2 Å². The third-order valence-electron chi connectivity index (χ3n) is 3.68. The summed E-state index contributed by atoms with van der Waals surface area (Å²) >= 11 is 6.26. The van der Waals surface area contributed by atoms with Crippen LogP contribution in [0.25, 0.3) is 0 Å². The van der Waals surface area contributed by atoms with Gasteiger partial charge in [0.15, 0.2) is 0 Å². The average molecular weight is 391 g/mol. The summed E-state index contributed by atoms with van der Waals surface area (Å²) in [5, 5.41) is 5.97. The minimum Gasteiger partial charge on any atom is -0.495 e. The number of urea groups is 1. The van der Waals surface area contributed by atoms with Crippen molar-refractivity contribution < 1.29 is 19.1 Å². The van der Waals surface area contributed by atoms with Crippen molar-refractivity contribution in [1.29, 1.82) is 0 Å². The second-order valence-electron chi connectivity index (χ2n) is 6.12. The van der Waals surface area contributed by atoms with Gasteiger partial charge in [-0.05, 0) is 37.6 Å². The van der Waals surface area contributed by atoms with Crippen molar-refractivity contribution >= 4 is 29.3 Å². The second-order valence-corrected chi connectivity index (χ2v) is 6.52. The zero-order chi connectivity index (χ0) is 19.8. The van der Waals surface area contributed by atoms with E-state index in [1.54, 1.807) is 62.4 Å². The molecule has 2 aromatic carbocycles. The summed E-state index contributed by atoms with van der Waals surface area (Å²) in [6, 6.07) is 13.0. The van der Waals surface area contributed by atoms with Crippen molar-refractivity contribution in [3.63, 3.8) is 0 Å². The fourth-order valence-corrected chi connectivity index (χ4v) is 2.81. The Hall–Kier alpha value is -2.73. The van der Waals surface area contributed by atoms with E-state index in [4.69, 9.17) is 21.1 Å². The molecule has 0 unspecified atom stereocenters. The lowest BCUT2D eigenvalue weighted by molar-refractivity contribution is -0.147. The Morgan fingerprint density at radius 3 is 2.41 bits per heavy atom. The SMILES string of the molecule is COc1ccccc1NC(=O)N[C@@H](CC(=O)OC(C)C)c1ccccc1Cl. The molecule has 0 saturated heterocycles. The van der Waals surface area contributed by atoms with Gasteiger partial charge in [-0.2, -0.15) is 0 Å². The number of hydrogen-bond acceptors (Lipinski definition) is 4. The molecule has 0 radical (unpaired) electrons. The van der Waals surface area contributed by atoms with Crippen LogP contribution in [0.2, 0.25) is 5.02 Å². The summed E-state index contributed by atoms with van der Waals surface area (Å²) in [6.07, 6.45) is -0.284. The lowest BCUT2D eigenvalue weighted by atomic mass is 10.0. The number of nitrogens with one attached hydrogen (secondary N) is 2. The van der Waals surface area contributed by atoms with Crippen molar-refractivity contribution in [3.8, 4) is 5.75 Å². The van der Waals surface area contributed by atoms with Gasteiger partial charge in [0.25, 0.3) is 0 Å². The maximum atomic E-state index is 12.5. The normalized spacial score (nSPS) is 11.6. The van der Waals surface area contributed by atoms with E-state index in [0.717, 1.165) is 0 Å². The van der Waals surface area contributed by atoms with Crippen LogP contribution in [0, 0.1) is 0 Å². The highest BCUT2D eigenvalue weighted by molar-refractivity contribution is 6.31. The molecule has 2 N–H and O–H groups in total. The second kappa shape index (κ2) is 9.83. The molecule has 0 aliphatic rings. The number of halogens is 1. The number of methoxy groups -OCH3 is 1. The predicted molar refractivity (Wildman–Crippen MR) is 105 cm³/mol. The topological polar surface area (TPSA) is 76.7 Å². The minimum absolute atomic E-state index is 0.0404. The number of hydrogen-bond donors (Lipinski definition) is 2. The molecule has 0 aliphatic heterocycles. The number of para-hydroxylation sites is 2. The Morgan fingerprint density at radius 1 is 1.07 bits per heavy atom. The number of rotatable bonds is 7. The number of anilines is 1. The first-order valence-electron chi connectivity index (χ1n) is 8.55.